The van der Waals surface area contributed by atoms with E-state index in [1.54, 1.807) is 11.8 Å². The number of hydrogen-bond donors (Lipinski definition) is 1. The van der Waals surface area contributed by atoms with Crippen molar-refractivity contribution in [3.63, 3.8) is 0 Å². The van der Waals surface area contributed by atoms with Crippen LogP contribution in [0.4, 0.5) is 0 Å². The number of hydrogen-bond acceptors (Lipinski definition) is 3. The van der Waals surface area contributed by atoms with Crippen LogP contribution in [0.15, 0.2) is 0 Å². The third-order valence-electron chi connectivity index (χ3n) is 2.83. The van der Waals surface area contributed by atoms with Crippen LogP contribution < -0.4 is 5.32 Å². The van der Waals surface area contributed by atoms with E-state index in [-0.39, 0.29) is 11.2 Å². The number of rotatable bonds is 7. The molecule has 0 unspecified atom stereocenters. The number of likely N-dealkylation sites (N-methyl/N-ethyl adjacent to an activating group) is 1. The van der Waals surface area contributed by atoms with Gasteiger partial charge in [0, 0.05) is 19.1 Å². The summed E-state index contributed by atoms with van der Waals surface area (Å²) in [6.45, 7) is 7.96. The van der Waals surface area contributed by atoms with Crippen molar-refractivity contribution < 1.29 is 4.79 Å². The Bertz CT molecular complexity index is 187. The summed E-state index contributed by atoms with van der Waals surface area (Å²) >= 11 is 1.58. The van der Waals surface area contributed by atoms with E-state index in [2.05, 4.69) is 31.1 Å². The smallest absolute Gasteiger partial charge is 0.232 e. The van der Waals surface area contributed by atoms with Gasteiger partial charge in [0.15, 0.2) is 0 Å². The molecule has 3 nitrogen and oxygen atoms in total. The predicted octanol–water partition coefficient (Wildman–Crippen LogP) is 1.58. The molecule has 0 saturated carbocycles. The summed E-state index contributed by atoms with van der Waals surface area (Å²) in [6.07, 6.45) is 3.10. The second-order valence-corrected chi connectivity index (χ2v) is 5.09. The van der Waals surface area contributed by atoms with Crippen molar-refractivity contribution >= 4 is 17.7 Å². The maximum absolute atomic E-state index is 11.4. The number of nitrogens with zero attached hydrogens (tertiary/aromatic N) is 1. The van der Waals surface area contributed by atoms with E-state index in [1.807, 2.05) is 13.2 Å². The molecule has 0 aliphatic carbocycles. The van der Waals surface area contributed by atoms with Gasteiger partial charge in [-0.2, -0.15) is 11.8 Å². The Morgan fingerprint density at radius 2 is 2.07 bits per heavy atom. The fraction of sp³-hybridized carbons (Fsp3) is 0.909. The van der Waals surface area contributed by atoms with Gasteiger partial charge in [-0.15, -0.1) is 0 Å². The molecule has 4 heteroatoms. The van der Waals surface area contributed by atoms with Crippen molar-refractivity contribution in [1.82, 2.24) is 10.2 Å². The Morgan fingerprint density at radius 3 is 2.53 bits per heavy atom. The molecule has 15 heavy (non-hydrogen) atoms. The lowest BCUT2D eigenvalue weighted by Crippen LogP contribution is -2.39. The molecule has 0 aliphatic heterocycles. The zero-order chi connectivity index (χ0) is 11.8. The van der Waals surface area contributed by atoms with Crippen molar-refractivity contribution in [2.75, 3.05) is 26.4 Å². The van der Waals surface area contributed by atoms with E-state index in [0.717, 1.165) is 19.5 Å². The van der Waals surface area contributed by atoms with Crippen LogP contribution in [-0.4, -0.2) is 48.5 Å². The average molecular weight is 232 g/mol. The van der Waals surface area contributed by atoms with Gasteiger partial charge in [0.1, 0.15) is 0 Å². The van der Waals surface area contributed by atoms with Crippen molar-refractivity contribution in [3.05, 3.63) is 0 Å². The van der Waals surface area contributed by atoms with Crippen LogP contribution in [0.1, 0.15) is 27.2 Å². The zero-order valence-electron chi connectivity index (χ0n) is 10.5. The third kappa shape index (κ3) is 6.05. The quantitative estimate of drug-likeness (QED) is 0.723. The highest BCUT2D eigenvalue weighted by Gasteiger charge is 2.11. The molecule has 0 aromatic rings. The lowest BCUT2D eigenvalue weighted by atomic mass is 10.2. The summed E-state index contributed by atoms with van der Waals surface area (Å²) < 4.78 is 0. The second-order valence-electron chi connectivity index (χ2n) is 3.91. The zero-order valence-corrected chi connectivity index (χ0v) is 11.4. The molecule has 0 aromatic carbocycles. The minimum atomic E-state index is 0.0545. The van der Waals surface area contributed by atoms with Gasteiger partial charge >= 0.3 is 0 Å². The molecule has 0 radical (unpaired) electrons. The topological polar surface area (TPSA) is 32.3 Å². The van der Waals surface area contributed by atoms with Crippen LogP contribution >= 0.6 is 11.8 Å². The summed E-state index contributed by atoms with van der Waals surface area (Å²) in [5.41, 5.74) is 0. The minimum Gasteiger partial charge on any atom is -0.354 e. The number of carbonyl (C=O) groups is 1. The summed E-state index contributed by atoms with van der Waals surface area (Å²) in [7, 11) is 2.10. The molecule has 0 heterocycles. The first-order valence-electron chi connectivity index (χ1n) is 5.53. The van der Waals surface area contributed by atoms with Crippen molar-refractivity contribution in [2.45, 2.75) is 38.5 Å². The standard InChI is InChI=1S/C11H24N2OS/c1-6-9(2)13(4)8-7-12-11(14)10(3)15-5/h9-10H,6-8H2,1-5H3,(H,12,14)/t9-,10+/m0/s1. The van der Waals surface area contributed by atoms with Gasteiger partial charge in [-0.1, -0.05) is 6.92 Å². The SMILES string of the molecule is CC[C@H](C)N(C)CCNC(=O)[C@@H](C)SC. The van der Waals surface area contributed by atoms with Crippen LogP contribution in [0.3, 0.4) is 0 Å². The highest BCUT2D eigenvalue weighted by atomic mass is 32.2. The molecule has 0 fully saturated rings. The van der Waals surface area contributed by atoms with E-state index in [9.17, 15) is 4.79 Å². The van der Waals surface area contributed by atoms with Crippen molar-refractivity contribution in [2.24, 2.45) is 0 Å². The molecule has 0 rings (SSSR count). The lowest BCUT2D eigenvalue weighted by Gasteiger charge is -2.23. The average Bonchev–Trinajstić information content (AvgIpc) is 2.26. The van der Waals surface area contributed by atoms with Gasteiger partial charge in [0.05, 0.1) is 5.25 Å². The normalized spacial score (nSPS) is 15.1. The molecule has 0 bridgehead atoms. The Balaban J connectivity index is 3.65. The summed E-state index contributed by atoms with van der Waals surface area (Å²) in [5.74, 6) is 0.139. The Kier molecular flexibility index (Phi) is 7.88. The number of amides is 1. The van der Waals surface area contributed by atoms with Crippen LogP contribution in [-0.2, 0) is 4.79 Å². The van der Waals surface area contributed by atoms with Crippen LogP contribution in [0.5, 0.6) is 0 Å². The van der Waals surface area contributed by atoms with E-state index < -0.39 is 0 Å². The van der Waals surface area contributed by atoms with E-state index >= 15 is 0 Å². The monoisotopic (exact) mass is 232 g/mol. The first-order valence-corrected chi connectivity index (χ1v) is 6.82. The van der Waals surface area contributed by atoms with Gasteiger partial charge in [-0.05, 0) is 33.6 Å². The Labute approximate surface area is 98.0 Å². The first kappa shape index (κ1) is 14.8. The molecule has 90 valence electrons. The molecule has 0 saturated heterocycles. The molecule has 0 spiro atoms. The molecule has 1 amide bonds. The molecule has 0 aliphatic rings. The fourth-order valence-electron chi connectivity index (χ4n) is 1.14. The predicted molar refractivity (Wildman–Crippen MR) is 68.4 cm³/mol. The third-order valence-corrected chi connectivity index (χ3v) is 3.75. The molecule has 1 N–H and O–H groups in total. The van der Waals surface area contributed by atoms with Crippen LogP contribution in [0, 0.1) is 0 Å². The Morgan fingerprint density at radius 1 is 1.47 bits per heavy atom. The molecular formula is C11H24N2OS. The number of thioether (sulfide) groups is 1. The minimum absolute atomic E-state index is 0.0545. The first-order chi connectivity index (χ1) is 7.02. The molecule has 0 aromatic heterocycles. The maximum atomic E-state index is 11.4. The number of carbonyl (C=O) groups excluding carboxylic acids is 1. The highest BCUT2D eigenvalue weighted by molar-refractivity contribution is 7.99. The Hall–Kier alpha value is -0.220. The van der Waals surface area contributed by atoms with E-state index in [4.69, 9.17) is 0 Å². The van der Waals surface area contributed by atoms with Gasteiger partial charge in [0.25, 0.3) is 0 Å². The van der Waals surface area contributed by atoms with Crippen LogP contribution in [0.25, 0.3) is 0 Å². The second kappa shape index (κ2) is 7.99. The van der Waals surface area contributed by atoms with E-state index in [1.165, 1.54) is 0 Å². The summed E-state index contributed by atoms with van der Waals surface area (Å²) in [6, 6.07) is 0.583. The van der Waals surface area contributed by atoms with Crippen molar-refractivity contribution in [3.8, 4) is 0 Å². The van der Waals surface area contributed by atoms with Crippen LogP contribution in [0.2, 0.25) is 0 Å². The molecule has 2 atom stereocenters. The van der Waals surface area contributed by atoms with Gasteiger partial charge in [-0.25, -0.2) is 0 Å². The van der Waals surface area contributed by atoms with E-state index in [0.29, 0.717) is 6.04 Å². The lowest BCUT2D eigenvalue weighted by molar-refractivity contribution is -0.120. The van der Waals surface area contributed by atoms with Gasteiger partial charge in [0.2, 0.25) is 5.91 Å². The largest absolute Gasteiger partial charge is 0.354 e. The summed E-state index contributed by atoms with van der Waals surface area (Å²) in [4.78, 5) is 13.7. The van der Waals surface area contributed by atoms with Crippen molar-refractivity contribution in [1.29, 1.82) is 0 Å². The maximum Gasteiger partial charge on any atom is 0.232 e. The van der Waals surface area contributed by atoms with Gasteiger partial charge in [-0.3, -0.25) is 4.79 Å². The molecular weight excluding hydrogens is 208 g/mol. The fourth-order valence-corrected chi connectivity index (χ4v) is 1.44. The highest BCUT2D eigenvalue weighted by Crippen LogP contribution is 2.04. The summed E-state index contributed by atoms with van der Waals surface area (Å²) in [5, 5.41) is 3.00. The number of nitrogens with one attached hydrogen (secondary N) is 1. The van der Waals surface area contributed by atoms with Gasteiger partial charge < -0.3 is 10.2 Å².